The second kappa shape index (κ2) is 6.78. The maximum Gasteiger partial charge on any atom is 0.243 e. The first-order chi connectivity index (χ1) is 10.8. The van der Waals surface area contributed by atoms with Gasteiger partial charge in [-0.3, -0.25) is 4.79 Å². The Bertz CT molecular complexity index is 818. The standard InChI is InChI=1S/C16H17FN2O3S/c1-11-9-12(17)3-8-15(11)18-10-16(20)19-13-4-6-14(7-5-13)23(2,21)22/h3-9,18H,10H2,1-2H3,(H,19,20). The van der Waals surface area contributed by atoms with Crippen molar-refractivity contribution < 1.29 is 17.6 Å². The van der Waals surface area contributed by atoms with Gasteiger partial charge in [-0.1, -0.05) is 0 Å². The van der Waals surface area contributed by atoms with Crippen LogP contribution in [0.1, 0.15) is 5.56 Å². The van der Waals surface area contributed by atoms with Crippen molar-refractivity contribution in [2.75, 3.05) is 23.4 Å². The number of sulfone groups is 1. The molecule has 0 bridgehead atoms. The molecule has 0 radical (unpaired) electrons. The second-order valence-corrected chi connectivity index (χ2v) is 7.17. The zero-order valence-corrected chi connectivity index (χ0v) is 13.6. The highest BCUT2D eigenvalue weighted by Crippen LogP contribution is 2.16. The largest absolute Gasteiger partial charge is 0.376 e. The van der Waals surface area contributed by atoms with E-state index in [9.17, 15) is 17.6 Å². The Kier molecular flexibility index (Phi) is 5.00. The van der Waals surface area contributed by atoms with Crippen molar-refractivity contribution in [1.82, 2.24) is 0 Å². The van der Waals surface area contributed by atoms with E-state index in [0.29, 0.717) is 16.9 Å². The van der Waals surface area contributed by atoms with Crippen molar-refractivity contribution in [2.24, 2.45) is 0 Å². The molecule has 5 nitrogen and oxygen atoms in total. The Morgan fingerprint density at radius 3 is 2.35 bits per heavy atom. The van der Waals surface area contributed by atoms with Crippen LogP contribution in [0.5, 0.6) is 0 Å². The molecule has 0 aliphatic carbocycles. The zero-order chi connectivity index (χ0) is 17.0. The van der Waals surface area contributed by atoms with Crippen molar-refractivity contribution in [3.63, 3.8) is 0 Å². The van der Waals surface area contributed by atoms with Crippen molar-refractivity contribution in [1.29, 1.82) is 0 Å². The lowest BCUT2D eigenvalue weighted by molar-refractivity contribution is -0.114. The molecule has 0 saturated carbocycles. The molecule has 2 aromatic carbocycles. The maximum absolute atomic E-state index is 13.0. The summed E-state index contributed by atoms with van der Waals surface area (Å²) in [6.45, 7) is 1.76. The molecule has 0 spiro atoms. The van der Waals surface area contributed by atoms with E-state index in [0.717, 1.165) is 6.26 Å². The highest BCUT2D eigenvalue weighted by molar-refractivity contribution is 7.90. The Morgan fingerprint density at radius 2 is 1.78 bits per heavy atom. The Labute approximate surface area is 134 Å². The number of carbonyl (C=O) groups excluding carboxylic acids is 1. The number of rotatable bonds is 5. The number of aryl methyl sites for hydroxylation is 1. The number of nitrogens with one attached hydrogen (secondary N) is 2. The van der Waals surface area contributed by atoms with Crippen LogP contribution in [-0.2, 0) is 14.6 Å². The summed E-state index contributed by atoms with van der Waals surface area (Å²) in [5.74, 6) is -0.621. The SMILES string of the molecule is Cc1cc(F)ccc1NCC(=O)Nc1ccc(S(C)(=O)=O)cc1. The minimum atomic E-state index is -3.26. The lowest BCUT2D eigenvalue weighted by Gasteiger charge is -2.10. The van der Waals surface area contributed by atoms with E-state index in [4.69, 9.17) is 0 Å². The number of hydrogen-bond acceptors (Lipinski definition) is 4. The van der Waals surface area contributed by atoms with Crippen LogP contribution < -0.4 is 10.6 Å². The summed E-state index contributed by atoms with van der Waals surface area (Å²) in [4.78, 5) is 12.1. The van der Waals surface area contributed by atoms with Crippen molar-refractivity contribution >= 4 is 27.1 Å². The zero-order valence-electron chi connectivity index (χ0n) is 12.8. The van der Waals surface area contributed by atoms with Crippen LogP contribution in [0.4, 0.5) is 15.8 Å². The first kappa shape index (κ1) is 17.0. The molecular weight excluding hydrogens is 319 g/mol. The fourth-order valence-electron chi connectivity index (χ4n) is 1.99. The molecule has 0 fully saturated rings. The van der Waals surface area contributed by atoms with E-state index >= 15 is 0 Å². The smallest absolute Gasteiger partial charge is 0.243 e. The molecule has 0 unspecified atom stereocenters. The lowest BCUT2D eigenvalue weighted by Crippen LogP contribution is -2.22. The lowest BCUT2D eigenvalue weighted by atomic mass is 10.2. The van der Waals surface area contributed by atoms with Gasteiger partial charge < -0.3 is 10.6 Å². The highest BCUT2D eigenvalue weighted by Gasteiger charge is 2.08. The summed E-state index contributed by atoms with van der Waals surface area (Å²) >= 11 is 0. The van der Waals surface area contributed by atoms with Crippen LogP contribution in [-0.4, -0.2) is 27.1 Å². The molecule has 0 aromatic heterocycles. The molecule has 122 valence electrons. The third-order valence-electron chi connectivity index (χ3n) is 3.19. The van der Waals surface area contributed by atoms with Gasteiger partial charge in [0, 0.05) is 17.6 Å². The van der Waals surface area contributed by atoms with Gasteiger partial charge in [-0.2, -0.15) is 0 Å². The topological polar surface area (TPSA) is 75.3 Å². The quantitative estimate of drug-likeness (QED) is 0.880. The van der Waals surface area contributed by atoms with Crippen LogP contribution in [0.2, 0.25) is 0 Å². The molecular formula is C16H17FN2O3S. The van der Waals surface area contributed by atoms with E-state index in [1.54, 1.807) is 13.0 Å². The fraction of sp³-hybridized carbons (Fsp3) is 0.188. The van der Waals surface area contributed by atoms with Gasteiger partial charge in [0.2, 0.25) is 5.91 Å². The summed E-state index contributed by atoms with van der Waals surface area (Å²) in [7, 11) is -3.26. The van der Waals surface area contributed by atoms with Crippen LogP contribution in [0.15, 0.2) is 47.4 Å². The molecule has 2 N–H and O–H groups in total. The van der Waals surface area contributed by atoms with Crippen molar-refractivity contribution in [3.05, 3.63) is 53.8 Å². The molecule has 7 heteroatoms. The van der Waals surface area contributed by atoms with Gasteiger partial charge in [-0.15, -0.1) is 0 Å². The molecule has 2 aromatic rings. The monoisotopic (exact) mass is 336 g/mol. The molecule has 2 rings (SSSR count). The van der Waals surface area contributed by atoms with Crippen molar-refractivity contribution in [2.45, 2.75) is 11.8 Å². The molecule has 0 saturated heterocycles. The van der Waals surface area contributed by atoms with Gasteiger partial charge in [-0.25, -0.2) is 12.8 Å². The van der Waals surface area contributed by atoms with Gasteiger partial charge in [0.15, 0.2) is 9.84 Å². The molecule has 0 heterocycles. The number of amides is 1. The van der Waals surface area contributed by atoms with E-state index in [1.165, 1.54) is 36.4 Å². The summed E-state index contributed by atoms with van der Waals surface area (Å²) in [6, 6.07) is 10.2. The Hall–Kier alpha value is -2.41. The van der Waals surface area contributed by atoms with Crippen LogP contribution in [0, 0.1) is 12.7 Å². The van der Waals surface area contributed by atoms with Gasteiger partial charge in [0.25, 0.3) is 0 Å². The minimum absolute atomic E-state index is 0.0142. The normalized spacial score (nSPS) is 11.1. The predicted octanol–water partition coefficient (Wildman–Crippen LogP) is 2.59. The van der Waals surface area contributed by atoms with Crippen LogP contribution in [0.25, 0.3) is 0 Å². The number of hydrogen-bond donors (Lipinski definition) is 2. The van der Waals surface area contributed by atoms with E-state index in [-0.39, 0.29) is 23.2 Å². The summed E-state index contributed by atoms with van der Waals surface area (Å²) < 4.78 is 35.7. The average Bonchev–Trinajstić information content (AvgIpc) is 2.46. The Balaban J connectivity index is 1.94. The van der Waals surface area contributed by atoms with Gasteiger partial charge in [0.1, 0.15) is 5.82 Å². The summed E-state index contributed by atoms with van der Waals surface area (Å²) in [5, 5.41) is 5.57. The third kappa shape index (κ3) is 4.79. The minimum Gasteiger partial charge on any atom is -0.376 e. The van der Waals surface area contributed by atoms with Crippen molar-refractivity contribution in [3.8, 4) is 0 Å². The number of carbonyl (C=O) groups is 1. The Morgan fingerprint density at radius 1 is 1.13 bits per heavy atom. The molecule has 1 amide bonds. The fourth-order valence-corrected chi connectivity index (χ4v) is 2.62. The van der Waals surface area contributed by atoms with Crippen LogP contribution in [0.3, 0.4) is 0 Å². The molecule has 0 atom stereocenters. The predicted molar refractivity (Wildman–Crippen MR) is 87.8 cm³/mol. The maximum atomic E-state index is 13.0. The number of anilines is 2. The first-order valence-corrected chi connectivity index (χ1v) is 8.75. The summed E-state index contributed by atoms with van der Waals surface area (Å²) in [6.07, 6.45) is 1.12. The third-order valence-corrected chi connectivity index (χ3v) is 4.32. The van der Waals surface area contributed by atoms with E-state index in [2.05, 4.69) is 10.6 Å². The van der Waals surface area contributed by atoms with Gasteiger partial charge >= 0.3 is 0 Å². The molecule has 0 aliphatic heterocycles. The van der Waals surface area contributed by atoms with Gasteiger partial charge in [0.05, 0.1) is 11.4 Å². The second-order valence-electron chi connectivity index (χ2n) is 5.16. The first-order valence-electron chi connectivity index (χ1n) is 6.86. The summed E-state index contributed by atoms with van der Waals surface area (Å²) in [5.41, 5.74) is 1.88. The van der Waals surface area contributed by atoms with Crippen LogP contribution >= 0.6 is 0 Å². The molecule has 0 aliphatic rings. The van der Waals surface area contributed by atoms with Gasteiger partial charge in [-0.05, 0) is 55.0 Å². The molecule has 23 heavy (non-hydrogen) atoms. The highest BCUT2D eigenvalue weighted by atomic mass is 32.2. The van der Waals surface area contributed by atoms with E-state index in [1.807, 2.05) is 0 Å². The number of halogens is 1. The average molecular weight is 336 g/mol. The van der Waals surface area contributed by atoms with E-state index < -0.39 is 9.84 Å². The number of benzene rings is 2.